The van der Waals surface area contributed by atoms with Gasteiger partial charge in [0, 0.05) is 26.4 Å². The normalized spacial score (nSPS) is 11.5. The number of para-hydroxylation sites is 1. The van der Waals surface area contributed by atoms with E-state index in [1.807, 2.05) is 57.1 Å². The molecule has 3 aromatic rings. The Morgan fingerprint density at radius 2 is 2.00 bits per heavy atom. The Bertz CT molecular complexity index is 872. The molecule has 0 saturated carbocycles. The van der Waals surface area contributed by atoms with Gasteiger partial charge in [0.15, 0.2) is 5.78 Å². The molecule has 0 aliphatic rings. The van der Waals surface area contributed by atoms with Crippen LogP contribution in [0.1, 0.15) is 21.7 Å². The molecular formula is C17H18N4OS. The molecule has 5 nitrogen and oxygen atoms in total. The molecule has 0 atom stereocenters. The molecule has 0 aliphatic heterocycles. The van der Waals surface area contributed by atoms with Crippen LogP contribution in [0.5, 0.6) is 0 Å². The first-order valence-corrected chi connectivity index (χ1v) is 8.10. The van der Waals surface area contributed by atoms with Gasteiger partial charge < -0.3 is 4.90 Å². The summed E-state index contributed by atoms with van der Waals surface area (Å²) in [5.41, 5.74) is 3.12. The van der Waals surface area contributed by atoms with E-state index in [9.17, 15) is 4.79 Å². The van der Waals surface area contributed by atoms with Crippen LogP contribution in [0.15, 0.2) is 36.5 Å². The summed E-state index contributed by atoms with van der Waals surface area (Å²) in [5.74, 6) is -0.0407. The minimum absolute atomic E-state index is 0.0407. The number of hydrogen-bond acceptors (Lipinski definition) is 5. The summed E-state index contributed by atoms with van der Waals surface area (Å²) in [6.45, 7) is 3.76. The zero-order valence-corrected chi connectivity index (χ0v) is 14.4. The summed E-state index contributed by atoms with van der Waals surface area (Å²) in [7, 11) is 3.77. The molecular weight excluding hydrogens is 308 g/mol. The van der Waals surface area contributed by atoms with Gasteiger partial charge in [-0.3, -0.25) is 4.79 Å². The Morgan fingerprint density at radius 1 is 1.26 bits per heavy atom. The van der Waals surface area contributed by atoms with Crippen molar-refractivity contribution >= 4 is 27.3 Å². The maximum absolute atomic E-state index is 12.4. The summed E-state index contributed by atoms with van der Waals surface area (Å²) >= 11 is 1.57. The lowest BCUT2D eigenvalue weighted by atomic mass is 10.1. The number of nitrogens with zero attached hydrogens (tertiary/aromatic N) is 4. The number of rotatable bonds is 4. The van der Waals surface area contributed by atoms with E-state index in [0.29, 0.717) is 5.56 Å². The van der Waals surface area contributed by atoms with Crippen LogP contribution < -0.4 is 0 Å². The highest BCUT2D eigenvalue weighted by atomic mass is 32.1. The molecule has 0 radical (unpaired) electrons. The second-order valence-electron chi connectivity index (χ2n) is 5.57. The zero-order chi connectivity index (χ0) is 16.6. The van der Waals surface area contributed by atoms with E-state index in [-0.39, 0.29) is 5.78 Å². The van der Waals surface area contributed by atoms with Gasteiger partial charge in [-0.15, -0.1) is 0 Å². The van der Waals surface area contributed by atoms with Crippen molar-refractivity contribution in [2.75, 3.05) is 14.1 Å². The SMILES string of the molecule is Cc1nn(-c2nc3ccccc3s2)c(C)c1C(=O)/C=C/N(C)C. The van der Waals surface area contributed by atoms with Gasteiger partial charge in [-0.1, -0.05) is 23.5 Å². The number of aromatic nitrogens is 3. The van der Waals surface area contributed by atoms with Crippen LogP contribution in [0.2, 0.25) is 0 Å². The maximum atomic E-state index is 12.4. The van der Waals surface area contributed by atoms with Gasteiger partial charge in [0.1, 0.15) is 0 Å². The van der Waals surface area contributed by atoms with Crippen molar-refractivity contribution in [2.45, 2.75) is 13.8 Å². The lowest BCUT2D eigenvalue weighted by molar-refractivity contribution is 0.104. The molecule has 0 N–H and O–H groups in total. The number of benzene rings is 1. The second-order valence-corrected chi connectivity index (χ2v) is 6.57. The fourth-order valence-electron chi connectivity index (χ4n) is 2.44. The van der Waals surface area contributed by atoms with Crippen molar-refractivity contribution in [2.24, 2.45) is 0 Å². The first-order valence-electron chi connectivity index (χ1n) is 7.28. The topological polar surface area (TPSA) is 51.0 Å². The molecule has 23 heavy (non-hydrogen) atoms. The number of allylic oxidation sites excluding steroid dienone is 1. The number of fused-ring (bicyclic) bond motifs is 1. The molecule has 2 heterocycles. The predicted molar refractivity (Wildman–Crippen MR) is 93.4 cm³/mol. The average Bonchev–Trinajstić information content (AvgIpc) is 3.05. The van der Waals surface area contributed by atoms with Gasteiger partial charge in [-0.2, -0.15) is 5.10 Å². The quantitative estimate of drug-likeness (QED) is 0.545. The predicted octanol–water partition coefficient (Wildman–Crippen LogP) is 3.36. The van der Waals surface area contributed by atoms with Gasteiger partial charge in [0.25, 0.3) is 0 Å². The Balaban J connectivity index is 2.05. The third-order valence-corrected chi connectivity index (χ3v) is 4.54. The molecule has 0 fully saturated rings. The number of aryl methyl sites for hydroxylation is 1. The highest BCUT2D eigenvalue weighted by Crippen LogP contribution is 2.27. The molecule has 2 aromatic heterocycles. The minimum atomic E-state index is -0.0407. The maximum Gasteiger partial charge on any atom is 0.211 e. The highest BCUT2D eigenvalue weighted by Gasteiger charge is 2.19. The van der Waals surface area contributed by atoms with E-state index in [2.05, 4.69) is 10.1 Å². The second kappa shape index (κ2) is 5.96. The average molecular weight is 326 g/mol. The standard InChI is InChI=1S/C17H18N4OS/c1-11-16(14(22)9-10-20(3)4)12(2)21(19-11)17-18-13-7-5-6-8-15(13)23-17/h5-10H,1-4H3/b10-9+. The molecule has 0 unspecified atom stereocenters. The van der Waals surface area contributed by atoms with Crippen LogP contribution in [0.3, 0.4) is 0 Å². The molecule has 0 bridgehead atoms. The van der Waals surface area contributed by atoms with E-state index in [1.54, 1.807) is 28.3 Å². The summed E-state index contributed by atoms with van der Waals surface area (Å²) < 4.78 is 2.87. The lowest BCUT2D eigenvalue weighted by Gasteiger charge is -2.03. The van der Waals surface area contributed by atoms with Crippen molar-refractivity contribution in [3.8, 4) is 5.13 Å². The van der Waals surface area contributed by atoms with E-state index in [4.69, 9.17) is 0 Å². The van der Waals surface area contributed by atoms with Gasteiger partial charge in [-0.05, 0) is 26.0 Å². The van der Waals surface area contributed by atoms with E-state index < -0.39 is 0 Å². The van der Waals surface area contributed by atoms with Crippen LogP contribution in [0.25, 0.3) is 15.3 Å². The Labute approximate surface area is 138 Å². The van der Waals surface area contributed by atoms with E-state index >= 15 is 0 Å². The fraction of sp³-hybridized carbons (Fsp3) is 0.235. The van der Waals surface area contributed by atoms with Crippen LogP contribution in [-0.4, -0.2) is 39.5 Å². The number of carbonyl (C=O) groups excluding carboxylic acids is 1. The van der Waals surface area contributed by atoms with Crippen LogP contribution in [-0.2, 0) is 0 Å². The van der Waals surface area contributed by atoms with Gasteiger partial charge in [-0.25, -0.2) is 9.67 Å². The van der Waals surface area contributed by atoms with Crippen molar-refractivity contribution < 1.29 is 4.79 Å². The largest absolute Gasteiger partial charge is 0.383 e. The molecule has 0 saturated heterocycles. The van der Waals surface area contributed by atoms with Gasteiger partial charge in [0.2, 0.25) is 5.13 Å². The van der Waals surface area contributed by atoms with Crippen molar-refractivity contribution in [1.82, 2.24) is 19.7 Å². The molecule has 6 heteroatoms. The summed E-state index contributed by atoms with van der Waals surface area (Å²) in [6.07, 6.45) is 3.32. The molecule has 0 aliphatic carbocycles. The molecule has 0 spiro atoms. The molecule has 3 rings (SSSR count). The van der Waals surface area contributed by atoms with Crippen molar-refractivity contribution in [3.63, 3.8) is 0 Å². The lowest BCUT2D eigenvalue weighted by Crippen LogP contribution is -2.05. The number of ketones is 1. The summed E-state index contributed by atoms with van der Waals surface area (Å²) in [4.78, 5) is 18.9. The number of carbonyl (C=O) groups is 1. The van der Waals surface area contributed by atoms with Crippen LogP contribution in [0, 0.1) is 13.8 Å². The molecule has 118 valence electrons. The summed E-state index contributed by atoms with van der Waals surface area (Å²) in [6, 6.07) is 7.97. The Morgan fingerprint density at radius 3 is 2.70 bits per heavy atom. The van der Waals surface area contributed by atoms with Gasteiger partial charge >= 0.3 is 0 Å². The Kier molecular flexibility index (Phi) is 4.00. The first-order chi connectivity index (χ1) is 11.0. The Hall–Kier alpha value is -2.47. The molecule has 0 amide bonds. The fourth-order valence-corrected chi connectivity index (χ4v) is 3.41. The van der Waals surface area contributed by atoms with E-state index in [1.165, 1.54) is 0 Å². The van der Waals surface area contributed by atoms with Crippen LogP contribution in [0.4, 0.5) is 0 Å². The number of thiazole rings is 1. The van der Waals surface area contributed by atoms with Crippen molar-refractivity contribution in [1.29, 1.82) is 0 Å². The smallest absolute Gasteiger partial charge is 0.211 e. The van der Waals surface area contributed by atoms with Gasteiger partial charge in [0.05, 0.1) is 27.2 Å². The number of hydrogen-bond donors (Lipinski definition) is 0. The zero-order valence-electron chi connectivity index (χ0n) is 13.6. The molecule has 1 aromatic carbocycles. The minimum Gasteiger partial charge on any atom is -0.383 e. The van der Waals surface area contributed by atoms with Crippen molar-refractivity contribution in [3.05, 3.63) is 53.5 Å². The van der Waals surface area contributed by atoms with E-state index in [0.717, 1.165) is 26.7 Å². The van der Waals surface area contributed by atoms with Crippen LogP contribution >= 0.6 is 11.3 Å². The first kappa shape index (κ1) is 15.4. The third-order valence-electron chi connectivity index (χ3n) is 3.53. The monoisotopic (exact) mass is 326 g/mol. The summed E-state index contributed by atoms with van der Waals surface area (Å²) in [5, 5.41) is 5.30. The highest BCUT2D eigenvalue weighted by molar-refractivity contribution is 7.20. The third kappa shape index (κ3) is 2.90.